The van der Waals surface area contributed by atoms with Crippen molar-refractivity contribution in [2.45, 2.75) is 25.5 Å². The first-order valence-corrected chi connectivity index (χ1v) is 6.14. The zero-order chi connectivity index (χ0) is 14.9. The number of nitrogens with zero attached hydrogens (tertiary/aromatic N) is 2. The van der Waals surface area contributed by atoms with Gasteiger partial charge in [0.05, 0.1) is 6.54 Å². The zero-order valence-corrected chi connectivity index (χ0v) is 11.2. The number of aromatic nitrogens is 3. The van der Waals surface area contributed by atoms with Crippen LogP contribution in [0.15, 0.2) is 29.1 Å². The van der Waals surface area contributed by atoms with Crippen LogP contribution in [0.5, 0.6) is 0 Å². The van der Waals surface area contributed by atoms with Crippen LogP contribution in [-0.4, -0.2) is 31.9 Å². The lowest BCUT2D eigenvalue weighted by Gasteiger charge is -2.18. The van der Waals surface area contributed by atoms with E-state index < -0.39 is 24.3 Å². The summed E-state index contributed by atoms with van der Waals surface area (Å²) in [5.41, 5.74) is -0.141. The summed E-state index contributed by atoms with van der Waals surface area (Å²) in [7, 11) is 0. The Kier molecular flexibility index (Phi) is 3.92. The molecule has 0 bridgehead atoms. The van der Waals surface area contributed by atoms with E-state index in [1.807, 2.05) is 0 Å². The van der Waals surface area contributed by atoms with Crippen molar-refractivity contribution >= 4 is 11.6 Å². The molecule has 1 aromatic heterocycles. The summed E-state index contributed by atoms with van der Waals surface area (Å²) >= 11 is 5.75. The molecule has 0 spiro atoms. The number of aliphatic hydroxyl groups is 1. The minimum absolute atomic E-state index is 0.162. The van der Waals surface area contributed by atoms with Crippen molar-refractivity contribution in [1.29, 1.82) is 0 Å². The Morgan fingerprint density at radius 3 is 2.60 bits per heavy atom. The van der Waals surface area contributed by atoms with Gasteiger partial charge in [-0.15, -0.1) is 0 Å². The molecule has 0 radical (unpaired) electrons. The maximum atomic E-state index is 13.0. The van der Waals surface area contributed by atoms with Crippen LogP contribution in [0.2, 0.25) is 5.02 Å². The molecule has 0 saturated heterocycles. The SMILES string of the molecule is CC(F)(F)[C@@H](O)Cn1c(-c2ccc(Cl)cc2)n[nH]c1=O. The molecule has 2 N–H and O–H groups in total. The smallest absolute Gasteiger partial charge is 0.343 e. The zero-order valence-electron chi connectivity index (χ0n) is 10.5. The lowest BCUT2D eigenvalue weighted by molar-refractivity contribution is -0.0992. The number of aromatic amines is 1. The highest BCUT2D eigenvalue weighted by Gasteiger charge is 2.33. The van der Waals surface area contributed by atoms with Crippen LogP contribution in [0.4, 0.5) is 8.78 Å². The van der Waals surface area contributed by atoms with Crippen LogP contribution in [0.3, 0.4) is 0 Å². The highest BCUT2D eigenvalue weighted by molar-refractivity contribution is 6.30. The van der Waals surface area contributed by atoms with E-state index in [4.69, 9.17) is 11.6 Å². The molecule has 0 amide bonds. The van der Waals surface area contributed by atoms with E-state index in [1.165, 1.54) is 0 Å². The molecule has 0 aliphatic rings. The topological polar surface area (TPSA) is 70.9 Å². The van der Waals surface area contributed by atoms with Gasteiger partial charge in [0, 0.05) is 17.5 Å². The summed E-state index contributed by atoms with van der Waals surface area (Å²) in [6, 6.07) is 6.38. The fourth-order valence-electron chi connectivity index (χ4n) is 1.64. The van der Waals surface area contributed by atoms with Crippen molar-refractivity contribution in [1.82, 2.24) is 14.8 Å². The summed E-state index contributed by atoms with van der Waals surface area (Å²) in [5.74, 6) is -3.15. The molecule has 0 aliphatic carbocycles. The average Bonchev–Trinajstić information content (AvgIpc) is 2.71. The molecule has 0 fully saturated rings. The second kappa shape index (κ2) is 5.34. The number of hydrogen-bond acceptors (Lipinski definition) is 3. The third-order valence-electron chi connectivity index (χ3n) is 2.80. The monoisotopic (exact) mass is 303 g/mol. The van der Waals surface area contributed by atoms with E-state index in [9.17, 15) is 18.7 Å². The van der Waals surface area contributed by atoms with E-state index in [-0.39, 0.29) is 5.82 Å². The molecule has 2 rings (SSSR count). The van der Waals surface area contributed by atoms with Gasteiger partial charge in [-0.05, 0) is 24.3 Å². The predicted molar refractivity (Wildman–Crippen MR) is 69.9 cm³/mol. The van der Waals surface area contributed by atoms with Gasteiger partial charge in [-0.2, -0.15) is 5.10 Å². The standard InChI is InChI=1S/C12H12ClF2N3O2/c1-12(14,15)9(19)6-18-10(16-17-11(18)20)7-2-4-8(13)5-3-7/h2-5,9,19H,6H2,1H3,(H,17,20)/t9-/m0/s1. The molecule has 0 unspecified atom stereocenters. The molecule has 1 aromatic carbocycles. The minimum Gasteiger partial charge on any atom is -0.385 e. The summed E-state index contributed by atoms with van der Waals surface area (Å²) in [5, 5.41) is 15.9. The molecule has 1 heterocycles. The molecule has 0 aliphatic heterocycles. The summed E-state index contributed by atoms with van der Waals surface area (Å²) in [4.78, 5) is 11.6. The van der Waals surface area contributed by atoms with Gasteiger partial charge in [0.25, 0.3) is 5.92 Å². The molecule has 8 heteroatoms. The summed E-state index contributed by atoms with van der Waals surface area (Å²) in [6.45, 7) is 0.0293. The molecule has 5 nitrogen and oxygen atoms in total. The molecular formula is C12H12ClF2N3O2. The minimum atomic E-state index is -3.31. The first kappa shape index (κ1) is 14.7. The van der Waals surface area contributed by atoms with E-state index in [0.29, 0.717) is 17.5 Å². The van der Waals surface area contributed by atoms with E-state index >= 15 is 0 Å². The summed E-state index contributed by atoms with van der Waals surface area (Å²) in [6.07, 6.45) is -1.98. The highest BCUT2D eigenvalue weighted by atomic mass is 35.5. The lowest BCUT2D eigenvalue weighted by Crippen LogP contribution is -2.36. The highest BCUT2D eigenvalue weighted by Crippen LogP contribution is 2.22. The van der Waals surface area contributed by atoms with Crippen molar-refractivity contribution in [3.05, 3.63) is 39.8 Å². The molecule has 1 atom stereocenters. The number of nitrogens with one attached hydrogen (secondary N) is 1. The van der Waals surface area contributed by atoms with Crippen LogP contribution in [-0.2, 0) is 6.54 Å². The first-order valence-electron chi connectivity index (χ1n) is 5.76. The Hall–Kier alpha value is -1.73. The van der Waals surface area contributed by atoms with Crippen LogP contribution in [0, 0.1) is 0 Å². The third kappa shape index (κ3) is 3.05. The van der Waals surface area contributed by atoms with Gasteiger partial charge in [0.1, 0.15) is 6.10 Å². The Bertz CT molecular complexity index is 646. The third-order valence-corrected chi connectivity index (χ3v) is 3.05. The van der Waals surface area contributed by atoms with Crippen LogP contribution >= 0.6 is 11.6 Å². The fourth-order valence-corrected chi connectivity index (χ4v) is 1.77. The van der Waals surface area contributed by atoms with Gasteiger partial charge in [-0.1, -0.05) is 11.6 Å². The molecule has 20 heavy (non-hydrogen) atoms. The fraction of sp³-hybridized carbons (Fsp3) is 0.333. The van der Waals surface area contributed by atoms with Crippen LogP contribution < -0.4 is 5.69 Å². The largest absolute Gasteiger partial charge is 0.385 e. The molecule has 0 saturated carbocycles. The quantitative estimate of drug-likeness (QED) is 0.906. The van der Waals surface area contributed by atoms with Crippen LogP contribution in [0.1, 0.15) is 6.92 Å². The Morgan fingerprint density at radius 1 is 1.45 bits per heavy atom. The lowest BCUT2D eigenvalue weighted by atomic mass is 10.2. The summed E-state index contributed by atoms with van der Waals surface area (Å²) < 4.78 is 27.0. The van der Waals surface area contributed by atoms with Crippen molar-refractivity contribution < 1.29 is 13.9 Å². The maximum Gasteiger partial charge on any atom is 0.343 e. The van der Waals surface area contributed by atoms with E-state index in [2.05, 4.69) is 10.2 Å². The normalized spacial score (nSPS) is 13.4. The molecule has 108 valence electrons. The van der Waals surface area contributed by atoms with E-state index in [1.54, 1.807) is 24.3 Å². The van der Waals surface area contributed by atoms with Crippen molar-refractivity contribution in [3.63, 3.8) is 0 Å². The Morgan fingerprint density at radius 2 is 2.05 bits per heavy atom. The van der Waals surface area contributed by atoms with Gasteiger partial charge in [0.2, 0.25) is 0 Å². The molecule has 2 aromatic rings. The van der Waals surface area contributed by atoms with Gasteiger partial charge in [-0.3, -0.25) is 4.57 Å². The van der Waals surface area contributed by atoms with Gasteiger partial charge >= 0.3 is 5.69 Å². The number of aliphatic hydroxyl groups excluding tert-OH is 1. The predicted octanol–water partition coefficient (Wildman–Crippen LogP) is 1.91. The molecular weight excluding hydrogens is 292 g/mol. The van der Waals surface area contributed by atoms with Gasteiger partial charge in [-0.25, -0.2) is 18.7 Å². The Balaban J connectivity index is 2.37. The van der Waals surface area contributed by atoms with Crippen LogP contribution in [0.25, 0.3) is 11.4 Å². The van der Waals surface area contributed by atoms with Crippen molar-refractivity contribution in [2.75, 3.05) is 0 Å². The number of H-pyrrole nitrogens is 1. The maximum absolute atomic E-state index is 13.0. The van der Waals surface area contributed by atoms with Crippen molar-refractivity contribution in [3.8, 4) is 11.4 Å². The second-order valence-corrected chi connectivity index (χ2v) is 4.88. The second-order valence-electron chi connectivity index (χ2n) is 4.44. The van der Waals surface area contributed by atoms with Crippen molar-refractivity contribution in [2.24, 2.45) is 0 Å². The van der Waals surface area contributed by atoms with E-state index in [0.717, 1.165) is 4.57 Å². The van der Waals surface area contributed by atoms with Gasteiger partial charge < -0.3 is 5.11 Å². The Labute approximate surface area is 117 Å². The number of halogens is 3. The average molecular weight is 304 g/mol. The number of hydrogen-bond donors (Lipinski definition) is 2. The number of alkyl halides is 2. The first-order chi connectivity index (χ1) is 9.29. The number of rotatable bonds is 4. The number of benzene rings is 1. The van der Waals surface area contributed by atoms with Gasteiger partial charge in [0.15, 0.2) is 5.82 Å².